The van der Waals surface area contributed by atoms with Crippen LogP contribution in [0.4, 0.5) is 8.78 Å². The molecule has 3 N–H and O–H groups in total. The molecule has 1 aromatic carbocycles. The fourth-order valence-corrected chi connectivity index (χ4v) is 4.22. The normalized spacial score (nSPS) is 11.9. The molecule has 0 fully saturated rings. The quantitative estimate of drug-likeness (QED) is 0.346. The molecule has 0 atom stereocenters. The highest BCUT2D eigenvalue weighted by atomic mass is 32.2. The maximum atomic E-state index is 14.2. The highest BCUT2D eigenvalue weighted by Gasteiger charge is 2.19. The fourth-order valence-electron chi connectivity index (χ4n) is 3.31. The largest absolute Gasteiger partial charge is 0.493 e. The highest BCUT2D eigenvalue weighted by molar-refractivity contribution is 7.87. The Bertz CT molecular complexity index is 1380. The third-order valence-corrected chi connectivity index (χ3v) is 6.09. The number of benzene rings is 1. The van der Waals surface area contributed by atoms with Crippen molar-refractivity contribution in [1.29, 1.82) is 0 Å². The van der Waals surface area contributed by atoms with Crippen LogP contribution >= 0.6 is 0 Å². The first-order chi connectivity index (χ1) is 15.3. The van der Waals surface area contributed by atoms with Crippen LogP contribution in [0.3, 0.4) is 0 Å². The SMILES string of the molecule is CNCCNS(=O)(=O)n1cc(-c2cnc3[nH]cc(-c4cc(F)cc(F)c4OC)c3c2)cn1. The van der Waals surface area contributed by atoms with Crippen LogP contribution in [0.5, 0.6) is 5.75 Å². The van der Waals surface area contributed by atoms with Crippen molar-refractivity contribution in [3.63, 3.8) is 0 Å². The number of halogens is 2. The second-order valence-corrected chi connectivity index (χ2v) is 8.51. The van der Waals surface area contributed by atoms with Crippen molar-refractivity contribution in [3.8, 4) is 28.0 Å². The van der Waals surface area contributed by atoms with Crippen molar-refractivity contribution in [2.75, 3.05) is 27.2 Å². The van der Waals surface area contributed by atoms with Gasteiger partial charge in [-0.3, -0.25) is 0 Å². The first kappa shape index (κ1) is 21.9. The summed E-state index contributed by atoms with van der Waals surface area (Å²) in [5, 5.41) is 7.36. The van der Waals surface area contributed by atoms with E-state index in [0.717, 1.165) is 10.2 Å². The van der Waals surface area contributed by atoms with E-state index in [1.165, 1.54) is 25.6 Å². The lowest BCUT2D eigenvalue weighted by atomic mass is 10.0. The van der Waals surface area contributed by atoms with Crippen molar-refractivity contribution >= 4 is 21.2 Å². The maximum Gasteiger partial charge on any atom is 0.320 e. The summed E-state index contributed by atoms with van der Waals surface area (Å²) in [5.74, 6) is -1.66. The number of aromatic amines is 1. The Balaban J connectivity index is 1.75. The van der Waals surface area contributed by atoms with E-state index in [9.17, 15) is 17.2 Å². The first-order valence-electron chi connectivity index (χ1n) is 9.54. The van der Waals surface area contributed by atoms with Crippen LogP contribution in [-0.2, 0) is 10.2 Å². The average molecular weight is 462 g/mol. The van der Waals surface area contributed by atoms with Crippen LogP contribution in [0.1, 0.15) is 0 Å². The van der Waals surface area contributed by atoms with E-state index in [-0.39, 0.29) is 17.9 Å². The van der Waals surface area contributed by atoms with Crippen LogP contribution in [0.15, 0.2) is 43.0 Å². The van der Waals surface area contributed by atoms with Gasteiger partial charge in [-0.05, 0) is 19.2 Å². The fraction of sp³-hybridized carbons (Fsp3) is 0.200. The minimum absolute atomic E-state index is 0.0933. The standard InChI is InChI=1S/C20H20F2N6O3S/c1-23-3-4-27-32(29,30)28-11-13(9-26-28)12-5-16-17(10-25-20(16)24-8-12)15-6-14(21)7-18(22)19(15)31-2/h5-11,23,27H,3-4H2,1-2H3,(H,24,25). The van der Waals surface area contributed by atoms with Gasteiger partial charge < -0.3 is 15.0 Å². The van der Waals surface area contributed by atoms with Crippen molar-refractivity contribution in [2.45, 2.75) is 0 Å². The third kappa shape index (κ3) is 4.07. The molecule has 32 heavy (non-hydrogen) atoms. The average Bonchev–Trinajstić information content (AvgIpc) is 3.41. The molecule has 0 unspecified atom stereocenters. The minimum Gasteiger partial charge on any atom is -0.493 e. The Kier molecular flexibility index (Phi) is 5.91. The zero-order valence-electron chi connectivity index (χ0n) is 17.2. The van der Waals surface area contributed by atoms with Crippen LogP contribution in [-0.4, -0.2) is 54.8 Å². The first-order valence-corrected chi connectivity index (χ1v) is 11.0. The summed E-state index contributed by atoms with van der Waals surface area (Å²) in [6.07, 6.45) is 5.89. The number of methoxy groups -OCH3 is 1. The molecule has 4 aromatic rings. The molecule has 0 amide bonds. The van der Waals surface area contributed by atoms with Gasteiger partial charge in [0.2, 0.25) is 0 Å². The third-order valence-electron chi connectivity index (χ3n) is 4.83. The number of H-pyrrole nitrogens is 1. The second kappa shape index (κ2) is 8.65. The molecule has 0 aliphatic carbocycles. The summed E-state index contributed by atoms with van der Waals surface area (Å²) in [6, 6.07) is 3.66. The number of likely N-dealkylation sites (N-methyl/N-ethyl adjacent to an activating group) is 1. The number of hydrogen-bond acceptors (Lipinski definition) is 6. The molecular formula is C20H20F2N6O3S. The molecule has 0 saturated heterocycles. The Morgan fingerprint density at radius 2 is 1.94 bits per heavy atom. The van der Waals surface area contributed by atoms with Gasteiger partial charge in [-0.25, -0.2) is 13.8 Å². The summed E-state index contributed by atoms with van der Waals surface area (Å²) < 4.78 is 61.2. The molecule has 0 aliphatic heterocycles. The van der Waals surface area contributed by atoms with Crippen LogP contribution < -0.4 is 14.8 Å². The van der Waals surface area contributed by atoms with E-state index in [0.29, 0.717) is 34.3 Å². The van der Waals surface area contributed by atoms with Gasteiger partial charge in [0.05, 0.1) is 19.5 Å². The molecule has 0 aliphatic rings. The van der Waals surface area contributed by atoms with E-state index >= 15 is 0 Å². The Morgan fingerprint density at radius 3 is 2.69 bits per heavy atom. The predicted octanol–water partition coefficient (Wildman–Crippen LogP) is 2.28. The van der Waals surface area contributed by atoms with Gasteiger partial charge in [0.15, 0.2) is 11.6 Å². The summed E-state index contributed by atoms with van der Waals surface area (Å²) in [4.78, 5) is 7.31. The number of pyridine rings is 1. The number of hydrogen-bond donors (Lipinski definition) is 3. The van der Waals surface area contributed by atoms with Gasteiger partial charge >= 0.3 is 10.2 Å². The van der Waals surface area contributed by atoms with Crippen molar-refractivity contribution in [1.82, 2.24) is 29.2 Å². The molecule has 3 heterocycles. The monoisotopic (exact) mass is 462 g/mol. The second-order valence-electron chi connectivity index (χ2n) is 6.90. The Hall–Kier alpha value is -3.35. The van der Waals surface area contributed by atoms with Crippen LogP contribution in [0.2, 0.25) is 0 Å². The number of aromatic nitrogens is 4. The molecule has 9 nitrogen and oxygen atoms in total. The van der Waals surface area contributed by atoms with Gasteiger partial charge in [0.25, 0.3) is 0 Å². The van der Waals surface area contributed by atoms with Gasteiger partial charge in [-0.2, -0.15) is 22.3 Å². The molecule has 12 heteroatoms. The molecule has 0 radical (unpaired) electrons. The van der Waals surface area contributed by atoms with Crippen molar-refractivity contribution in [2.24, 2.45) is 0 Å². The maximum absolute atomic E-state index is 14.2. The van der Waals surface area contributed by atoms with E-state index in [1.807, 2.05) is 0 Å². The lowest BCUT2D eigenvalue weighted by molar-refractivity contribution is 0.386. The van der Waals surface area contributed by atoms with E-state index < -0.39 is 21.8 Å². The van der Waals surface area contributed by atoms with Crippen LogP contribution in [0, 0.1) is 11.6 Å². The highest BCUT2D eigenvalue weighted by Crippen LogP contribution is 2.38. The predicted molar refractivity (Wildman–Crippen MR) is 115 cm³/mol. The molecule has 3 aromatic heterocycles. The lowest BCUT2D eigenvalue weighted by Gasteiger charge is -2.09. The molecular weight excluding hydrogens is 442 g/mol. The van der Waals surface area contributed by atoms with Gasteiger partial charge in [-0.1, -0.05) is 0 Å². The van der Waals surface area contributed by atoms with Crippen LogP contribution in [0.25, 0.3) is 33.3 Å². The minimum atomic E-state index is -3.83. The molecule has 0 bridgehead atoms. The van der Waals surface area contributed by atoms with E-state index in [1.54, 1.807) is 25.5 Å². The van der Waals surface area contributed by atoms with Crippen molar-refractivity contribution in [3.05, 3.63) is 54.6 Å². The zero-order valence-corrected chi connectivity index (χ0v) is 18.0. The van der Waals surface area contributed by atoms with Gasteiger partial charge in [0, 0.05) is 59.2 Å². The van der Waals surface area contributed by atoms with E-state index in [4.69, 9.17) is 4.74 Å². The lowest BCUT2D eigenvalue weighted by Crippen LogP contribution is -2.34. The number of nitrogens with zero attached hydrogens (tertiary/aromatic N) is 3. The zero-order chi connectivity index (χ0) is 22.9. The summed E-state index contributed by atoms with van der Waals surface area (Å²) >= 11 is 0. The summed E-state index contributed by atoms with van der Waals surface area (Å²) in [7, 11) is -0.814. The van der Waals surface area contributed by atoms with Gasteiger partial charge in [-0.15, -0.1) is 0 Å². The van der Waals surface area contributed by atoms with E-state index in [2.05, 4.69) is 25.1 Å². The van der Waals surface area contributed by atoms with Crippen molar-refractivity contribution < 1.29 is 21.9 Å². The number of rotatable bonds is 8. The number of fused-ring (bicyclic) bond motifs is 1. The number of ether oxygens (including phenoxy) is 1. The number of nitrogens with one attached hydrogen (secondary N) is 3. The molecule has 168 valence electrons. The summed E-state index contributed by atoms with van der Waals surface area (Å²) in [5.41, 5.74) is 2.28. The topological polar surface area (TPSA) is 114 Å². The summed E-state index contributed by atoms with van der Waals surface area (Å²) in [6.45, 7) is 0.675. The molecule has 0 saturated carbocycles. The van der Waals surface area contributed by atoms with Gasteiger partial charge in [0.1, 0.15) is 11.5 Å². The Morgan fingerprint density at radius 1 is 1.12 bits per heavy atom. The smallest absolute Gasteiger partial charge is 0.320 e. The Labute approximate surface area is 182 Å². The molecule has 4 rings (SSSR count). The molecule has 0 spiro atoms.